The molecular formula is C36H55N5O4. The van der Waals surface area contributed by atoms with Gasteiger partial charge in [0.05, 0.1) is 12.1 Å². The Morgan fingerprint density at radius 2 is 1.56 bits per heavy atom. The summed E-state index contributed by atoms with van der Waals surface area (Å²) in [4.78, 5) is 46.5. The molecule has 45 heavy (non-hydrogen) atoms. The third kappa shape index (κ3) is 12.5. The number of carbonyl (C=O) groups is 3. The van der Waals surface area contributed by atoms with Crippen molar-refractivity contribution in [3.8, 4) is 0 Å². The zero-order valence-electron chi connectivity index (χ0n) is 27.5. The molecule has 0 saturated heterocycles. The van der Waals surface area contributed by atoms with E-state index in [4.69, 9.17) is 0 Å². The zero-order valence-corrected chi connectivity index (χ0v) is 27.5. The molecule has 1 aromatic carbocycles. The summed E-state index contributed by atoms with van der Waals surface area (Å²) in [7, 11) is 0. The summed E-state index contributed by atoms with van der Waals surface area (Å²) >= 11 is 0. The largest absolute Gasteiger partial charge is 0.391 e. The van der Waals surface area contributed by atoms with Crippen molar-refractivity contribution in [1.82, 2.24) is 25.8 Å². The molecule has 2 aromatic rings. The van der Waals surface area contributed by atoms with Crippen LogP contribution in [0.2, 0.25) is 0 Å². The Kier molecular flexibility index (Phi) is 15.9. The van der Waals surface area contributed by atoms with E-state index < -0.39 is 30.1 Å². The van der Waals surface area contributed by atoms with Crippen LogP contribution >= 0.6 is 0 Å². The van der Waals surface area contributed by atoms with Gasteiger partial charge in [-0.2, -0.15) is 0 Å². The van der Waals surface area contributed by atoms with Crippen molar-refractivity contribution in [2.75, 3.05) is 13.1 Å². The minimum Gasteiger partial charge on any atom is -0.391 e. The molecule has 1 aromatic heterocycles. The summed E-state index contributed by atoms with van der Waals surface area (Å²) in [6.45, 7) is 6.81. The van der Waals surface area contributed by atoms with Crippen molar-refractivity contribution in [3.05, 3.63) is 66.0 Å². The van der Waals surface area contributed by atoms with Crippen molar-refractivity contribution in [3.63, 3.8) is 0 Å². The van der Waals surface area contributed by atoms with Crippen LogP contribution in [0.25, 0.3) is 0 Å². The highest BCUT2D eigenvalue weighted by Crippen LogP contribution is 2.28. The standard InChI is InChI=1S/C36H55N5O4/c1-4-16-30(38-35(44)32(26-28-19-11-8-12-20-28)40-36(45)41(5-2)6-3)34(43)39-31(25-27-17-9-7-10-18-27)33(42)23-15-22-29-21-13-14-24-37-29/h8,11-14,19-21,24,27,30-33,42H,4-7,9-10,15-18,22-23,25-26H2,1-3H3,(H,38,44)(H,39,43)(H,40,45)/t30-,31-,32-,33-/m0/s1. The first kappa shape index (κ1) is 36.0. The lowest BCUT2D eigenvalue weighted by atomic mass is 9.83. The van der Waals surface area contributed by atoms with Gasteiger partial charge in [-0.15, -0.1) is 0 Å². The maximum atomic E-state index is 13.8. The van der Waals surface area contributed by atoms with E-state index in [9.17, 15) is 19.5 Å². The summed E-state index contributed by atoms with van der Waals surface area (Å²) in [6.07, 6.45) is 11.1. The van der Waals surface area contributed by atoms with Crippen molar-refractivity contribution in [1.29, 1.82) is 0 Å². The van der Waals surface area contributed by atoms with Crippen LogP contribution in [0.4, 0.5) is 4.79 Å². The number of hydrogen-bond donors (Lipinski definition) is 4. The summed E-state index contributed by atoms with van der Waals surface area (Å²) in [5.41, 5.74) is 1.90. The second-order valence-electron chi connectivity index (χ2n) is 12.3. The maximum absolute atomic E-state index is 13.8. The van der Waals surface area contributed by atoms with Gasteiger partial charge >= 0.3 is 6.03 Å². The van der Waals surface area contributed by atoms with Crippen LogP contribution in [0.15, 0.2) is 54.7 Å². The third-order valence-electron chi connectivity index (χ3n) is 8.92. The lowest BCUT2D eigenvalue weighted by Crippen LogP contribution is -2.57. The third-order valence-corrected chi connectivity index (χ3v) is 8.92. The molecular weight excluding hydrogens is 566 g/mol. The number of nitrogens with one attached hydrogen (secondary N) is 3. The Morgan fingerprint density at radius 3 is 2.20 bits per heavy atom. The molecule has 0 spiro atoms. The van der Waals surface area contributed by atoms with Crippen LogP contribution in [0.1, 0.15) is 96.2 Å². The summed E-state index contributed by atoms with van der Waals surface area (Å²) in [5, 5.41) is 20.3. The van der Waals surface area contributed by atoms with E-state index in [1.165, 1.54) is 19.3 Å². The molecule has 1 aliphatic rings. The fourth-order valence-corrected chi connectivity index (χ4v) is 6.26. The number of aliphatic hydroxyl groups is 1. The van der Waals surface area contributed by atoms with Gasteiger partial charge in [-0.05, 0) is 69.6 Å². The van der Waals surface area contributed by atoms with Crippen molar-refractivity contribution < 1.29 is 19.5 Å². The van der Waals surface area contributed by atoms with Crippen LogP contribution < -0.4 is 16.0 Å². The predicted octanol–water partition coefficient (Wildman–Crippen LogP) is 5.17. The minimum atomic E-state index is -0.845. The van der Waals surface area contributed by atoms with Gasteiger partial charge in [0.15, 0.2) is 0 Å². The highest BCUT2D eigenvalue weighted by molar-refractivity contribution is 5.92. The summed E-state index contributed by atoms with van der Waals surface area (Å²) in [5.74, 6) is -0.227. The number of rotatable bonds is 18. The van der Waals surface area contributed by atoms with Gasteiger partial charge in [0, 0.05) is 31.4 Å². The minimum absolute atomic E-state index is 0.289. The van der Waals surface area contributed by atoms with Gasteiger partial charge < -0.3 is 26.0 Å². The Hall–Kier alpha value is -3.46. The highest BCUT2D eigenvalue weighted by atomic mass is 16.3. The van der Waals surface area contributed by atoms with Crippen LogP contribution in [-0.2, 0) is 22.4 Å². The number of aromatic nitrogens is 1. The molecule has 3 rings (SSSR count). The van der Waals surface area contributed by atoms with Crippen LogP contribution in [-0.4, -0.2) is 70.2 Å². The molecule has 248 valence electrons. The average Bonchev–Trinajstić information content (AvgIpc) is 3.05. The fraction of sp³-hybridized carbons (Fsp3) is 0.611. The number of pyridine rings is 1. The molecule has 0 radical (unpaired) electrons. The number of aryl methyl sites for hydroxylation is 1. The monoisotopic (exact) mass is 621 g/mol. The summed E-state index contributed by atoms with van der Waals surface area (Å²) < 4.78 is 0. The molecule has 1 heterocycles. The van der Waals surface area contributed by atoms with E-state index in [-0.39, 0.29) is 11.9 Å². The van der Waals surface area contributed by atoms with E-state index in [0.29, 0.717) is 44.7 Å². The molecule has 0 bridgehead atoms. The number of aliphatic hydroxyl groups excluding tert-OH is 1. The molecule has 1 fully saturated rings. The van der Waals surface area contributed by atoms with Crippen molar-refractivity contribution >= 4 is 17.8 Å². The van der Waals surface area contributed by atoms with Crippen molar-refractivity contribution in [2.45, 2.75) is 122 Å². The van der Waals surface area contributed by atoms with Gasteiger partial charge in [-0.1, -0.05) is 81.8 Å². The Morgan fingerprint density at radius 1 is 0.867 bits per heavy atom. The van der Waals surface area contributed by atoms with E-state index in [1.54, 1.807) is 11.1 Å². The first-order valence-corrected chi connectivity index (χ1v) is 17.1. The second-order valence-corrected chi connectivity index (χ2v) is 12.3. The van der Waals surface area contributed by atoms with Crippen LogP contribution in [0, 0.1) is 5.92 Å². The van der Waals surface area contributed by atoms with Crippen LogP contribution in [0.3, 0.4) is 0 Å². The van der Waals surface area contributed by atoms with Gasteiger partial charge in [0.25, 0.3) is 0 Å². The Balaban J connectivity index is 1.71. The number of nitrogens with zero attached hydrogens (tertiary/aromatic N) is 2. The Labute approximate surface area is 270 Å². The maximum Gasteiger partial charge on any atom is 0.318 e. The van der Waals surface area contributed by atoms with E-state index >= 15 is 0 Å². The zero-order chi connectivity index (χ0) is 32.4. The molecule has 9 nitrogen and oxygen atoms in total. The number of amides is 4. The second kappa shape index (κ2) is 19.8. The van der Waals surface area contributed by atoms with Gasteiger partial charge in [0.1, 0.15) is 12.1 Å². The van der Waals surface area contributed by atoms with Crippen LogP contribution in [0.5, 0.6) is 0 Å². The molecule has 9 heteroatoms. The first-order valence-electron chi connectivity index (χ1n) is 17.1. The number of carbonyl (C=O) groups excluding carboxylic acids is 3. The SMILES string of the molecule is CCC[C@H](NC(=O)[C@H](Cc1ccccc1)NC(=O)N(CC)CC)C(=O)N[C@@H](CC1CCCCC1)[C@@H](O)CCCc1ccccn1. The van der Waals surface area contributed by atoms with E-state index in [1.807, 2.05) is 69.3 Å². The smallest absolute Gasteiger partial charge is 0.318 e. The van der Waals surface area contributed by atoms with E-state index in [2.05, 4.69) is 20.9 Å². The number of urea groups is 1. The number of benzene rings is 1. The molecule has 4 N–H and O–H groups in total. The van der Waals surface area contributed by atoms with E-state index in [0.717, 1.165) is 43.4 Å². The molecule has 4 amide bonds. The topological polar surface area (TPSA) is 124 Å². The van der Waals surface area contributed by atoms with Gasteiger partial charge in [-0.3, -0.25) is 14.6 Å². The number of hydrogen-bond acceptors (Lipinski definition) is 5. The summed E-state index contributed by atoms with van der Waals surface area (Å²) in [6, 6.07) is 13.1. The lowest BCUT2D eigenvalue weighted by molar-refractivity contribution is -0.131. The average molecular weight is 622 g/mol. The molecule has 0 unspecified atom stereocenters. The fourth-order valence-electron chi connectivity index (χ4n) is 6.26. The Bertz CT molecular complexity index is 1140. The molecule has 0 aliphatic heterocycles. The molecule has 4 atom stereocenters. The molecule has 1 aliphatic carbocycles. The highest BCUT2D eigenvalue weighted by Gasteiger charge is 2.31. The predicted molar refractivity (Wildman–Crippen MR) is 179 cm³/mol. The quantitative estimate of drug-likeness (QED) is 0.183. The molecule has 1 saturated carbocycles. The first-order chi connectivity index (χ1) is 21.8. The normalized spacial score (nSPS) is 16.2. The van der Waals surface area contributed by atoms with Gasteiger partial charge in [-0.25, -0.2) is 4.79 Å². The van der Waals surface area contributed by atoms with Gasteiger partial charge in [0.2, 0.25) is 11.8 Å². The van der Waals surface area contributed by atoms with Crippen molar-refractivity contribution in [2.24, 2.45) is 5.92 Å². The lowest BCUT2D eigenvalue weighted by Gasteiger charge is -2.32.